The average molecular weight is 274 g/mol. The standard InChI is InChI=1S/C20H34/c1-19-12-6-8-17(19)16-10-9-15-7-4-3-5-13-20(15,2)18(16)11-14-19/h15-18H,3-14H2,1-2H3/t15-,16?,17?,18?,19+,20+/m1/s1. The first-order chi connectivity index (χ1) is 9.63. The second-order valence-corrected chi connectivity index (χ2v) is 9.34. The average Bonchev–Trinajstić information content (AvgIpc) is 2.71. The highest BCUT2D eigenvalue weighted by Gasteiger charge is 2.56. The SMILES string of the molecule is C[C@@]12CCCC1C1CC[C@H]3CCCCC[C@]3(C)C1CC2. The van der Waals surface area contributed by atoms with Crippen LogP contribution in [-0.4, -0.2) is 0 Å². The van der Waals surface area contributed by atoms with Crippen LogP contribution in [-0.2, 0) is 0 Å². The lowest BCUT2D eigenvalue weighted by molar-refractivity contribution is -0.0894. The van der Waals surface area contributed by atoms with Crippen molar-refractivity contribution in [3.63, 3.8) is 0 Å². The van der Waals surface area contributed by atoms with E-state index >= 15 is 0 Å². The minimum absolute atomic E-state index is 0.726. The van der Waals surface area contributed by atoms with E-state index in [1.807, 2.05) is 0 Å². The molecule has 6 atom stereocenters. The molecule has 0 nitrogen and oxygen atoms in total. The summed E-state index contributed by atoms with van der Waals surface area (Å²) in [5.74, 6) is 4.38. The highest BCUT2D eigenvalue weighted by Crippen LogP contribution is 2.65. The Morgan fingerprint density at radius 2 is 1.55 bits per heavy atom. The monoisotopic (exact) mass is 274 g/mol. The summed E-state index contributed by atoms with van der Waals surface area (Å²) < 4.78 is 0. The zero-order chi connectivity index (χ0) is 13.8. The number of rotatable bonds is 0. The summed E-state index contributed by atoms with van der Waals surface area (Å²) >= 11 is 0. The summed E-state index contributed by atoms with van der Waals surface area (Å²) in [7, 11) is 0. The smallest absolute Gasteiger partial charge is 0.0266 e. The molecule has 114 valence electrons. The molecule has 0 N–H and O–H groups in total. The molecular formula is C20H34. The van der Waals surface area contributed by atoms with E-state index in [9.17, 15) is 0 Å². The Hall–Kier alpha value is 0. The van der Waals surface area contributed by atoms with Gasteiger partial charge in [-0.2, -0.15) is 0 Å². The van der Waals surface area contributed by atoms with Crippen LogP contribution in [0.5, 0.6) is 0 Å². The van der Waals surface area contributed by atoms with Crippen molar-refractivity contribution in [3.8, 4) is 0 Å². The molecule has 4 fully saturated rings. The lowest BCUT2D eigenvalue weighted by Crippen LogP contribution is -2.50. The van der Waals surface area contributed by atoms with Crippen LogP contribution in [0.15, 0.2) is 0 Å². The van der Waals surface area contributed by atoms with Crippen molar-refractivity contribution in [3.05, 3.63) is 0 Å². The van der Waals surface area contributed by atoms with E-state index in [2.05, 4.69) is 13.8 Å². The fourth-order valence-electron chi connectivity index (χ4n) is 7.46. The van der Waals surface area contributed by atoms with E-state index in [4.69, 9.17) is 0 Å². The fraction of sp³-hybridized carbons (Fsp3) is 1.00. The molecule has 0 heteroatoms. The van der Waals surface area contributed by atoms with Crippen LogP contribution in [0.25, 0.3) is 0 Å². The summed E-state index contributed by atoms with van der Waals surface area (Å²) in [4.78, 5) is 0. The molecule has 0 saturated heterocycles. The van der Waals surface area contributed by atoms with Crippen LogP contribution in [0.3, 0.4) is 0 Å². The van der Waals surface area contributed by atoms with Gasteiger partial charge in [0.05, 0.1) is 0 Å². The molecule has 0 aromatic carbocycles. The molecule has 0 bridgehead atoms. The van der Waals surface area contributed by atoms with Gasteiger partial charge in [-0.25, -0.2) is 0 Å². The molecule has 0 aliphatic heterocycles. The molecule has 4 rings (SSSR count). The largest absolute Gasteiger partial charge is 0.0594 e. The maximum atomic E-state index is 2.72. The van der Waals surface area contributed by atoms with Gasteiger partial charge in [0, 0.05) is 0 Å². The zero-order valence-electron chi connectivity index (χ0n) is 13.8. The van der Waals surface area contributed by atoms with E-state index < -0.39 is 0 Å². The molecule has 0 amide bonds. The van der Waals surface area contributed by atoms with Crippen molar-refractivity contribution in [1.29, 1.82) is 0 Å². The summed E-state index contributed by atoms with van der Waals surface area (Å²) in [6.07, 6.45) is 18.6. The minimum Gasteiger partial charge on any atom is -0.0594 e. The Morgan fingerprint density at radius 1 is 0.650 bits per heavy atom. The van der Waals surface area contributed by atoms with Crippen molar-refractivity contribution < 1.29 is 0 Å². The highest BCUT2D eigenvalue weighted by atomic mass is 14.6. The van der Waals surface area contributed by atoms with Crippen molar-refractivity contribution in [2.75, 3.05) is 0 Å². The molecule has 4 saturated carbocycles. The third kappa shape index (κ3) is 1.85. The molecule has 3 unspecified atom stereocenters. The van der Waals surface area contributed by atoms with Gasteiger partial charge in [-0.1, -0.05) is 39.5 Å². The second-order valence-electron chi connectivity index (χ2n) is 9.34. The molecule has 0 heterocycles. The van der Waals surface area contributed by atoms with Crippen LogP contribution in [0, 0.1) is 34.5 Å². The molecule has 0 spiro atoms. The van der Waals surface area contributed by atoms with Gasteiger partial charge in [0.25, 0.3) is 0 Å². The number of fused-ring (bicyclic) bond motifs is 5. The van der Waals surface area contributed by atoms with Gasteiger partial charge in [0.1, 0.15) is 0 Å². The van der Waals surface area contributed by atoms with Gasteiger partial charge in [-0.05, 0) is 85.9 Å². The second kappa shape index (κ2) is 4.75. The van der Waals surface area contributed by atoms with Gasteiger partial charge < -0.3 is 0 Å². The van der Waals surface area contributed by atoms with Crippen LogP contribution >= 0.6 is 0 Å². The maximum Gasteiger partial charge on any atom is -0.0266 e. The van der Waals surface area contributed by atoms with Crippen molar-refractivity contribution in [2.24, 2.45) is 34.5 Å². The summed E-state index contributed by atoms with van der Waals surface area (Å²) in [5.41, 5.74) is 1.47. The molecule has 20 heavy (non-hydrogen) atoms. The lowest BCUT2D eigenvalue weighted by atomic mass is 9.47. The molecular weight excluding hydrogens is 240 g/mol. The molecule has 0 radical (unpaired) electrons. The maximum absolute atomic E-state index is 2.72. The lowest BCUT2D eigenvalue weighted by Gasteiger charge is -2.58. The Balaban J connectivity index is 1.64. The van der Waals surface area contributed by atoms with E-state index in [0.29, 0.717) is 0 Å². The normalized spacial score (nSPS) is 55.5. The van der Waals surface area contributed by atoms with Crippen molar-refractivity contribution >= 4 is 0 Å². The first kappa shape index (κ1) is 13.6. The van der Waals surface area contributed by atoms with Crippen LogP contribution in [0.2, 0.25) is 0 Å². The van der Waals surface area contributed by atoms with E-state index in [0.717, 1.165) is 34.5 Å². The van der Waals surface area contributed by atoms with Gasteiger partial charge >= 0.3 is 0 Å². The first-order valence-electron chi connectivity index (χ1n) is 9.63. The van der Waals surface area contributed by atoms with Crippen molar-refractivity contribution in [1.82, 2.24) is 0 Å². The molecule has 4 aliphatic rings. The van der Waals surface area contributed by atoms with E-state index in [1.165, 1.54) is 25.7 Å². The molecule has 4 aliphatic carbocycles. The van der Waals surface area contributed by atoms with Crippen LogP contribution in [0.4, 0.5) is 0 Å². The Bertz CT molecular complexity index is 372. The molecule has 0 aromatic rings. The van der Waals surface area contributed by atoms with Crippen LogP contribution < -0.4 is 0 Å². The highest BCUT2D eigenvalue weighted by molar-refractivity contribution is 5.06. The third-order valence-corrected chi connectivity index (χ3v) is 8.61. The quantitative estimate of drug-likeness (QED) is 0.493. The Morgan fingerprint density at radius 3 is 2.45 bits per heavy atom. The van der Waals surface area contributed by atoms with Crippen LogP contribution in [0.1, 0.15) is 90.9 Å². The predicted octanol–water partition coefficient (Wildman–Crippen LogP) is 6.20. The van der Waals surface area contributed by atoms with Gasteiger partial charge in [-0.3, -0.25) is 0 Å². The summed E-state index contributed by atoms with van der Waals surface area (Å²) in [5, 5.41) is 0. The molecule has 0 aromatic heterocycles. The zero-order valence-corrected chi connectivity index (χ0v) is 13.8. The topological polar surface area (TPSA) is 0 Å². The van der Waals surface area contributed by atoms with Crippen molar-refractivity contribution in [2.45, 2.75) is 90.9 Å². The number of hydrogen-bond donors (Lipinski definition) is 0. The Kier molecular flexibility index (Phi) is 3.24. The fourth-order valence-corrected chi connectivity index (χ4v) is 7.46. The van der Waals surface area contributed by atoms with E-state index in [1.54, 1.807) is 51.4 Å². The Labute approximate surface area is 126 Å². The summed E-state index contributed by atoms with van der Waals surface area (Å²) in [6.45, 7) is 5.36. The van der Waals surface area contributed by atoms with Gasteiger partial charge in [-0.15, -0.1) is 0 Å². The predicted molar refractivity (Wildman–Crippen MR) is 85.6 cm³/mol. The van der Waals surface area contributed by atoms with Gasteiger partial charge in [0.2, 0.25) is 0 Å². The summed E-state index contributed by atoms with van der Waals surface area (Å²) in [6, 6.07) is 0. The van der Waals surface area contributed by atoms with Gasteiger partial charge in [0.15, 0.2) is 0 Å². The van der Waals surface area contributed by atoms with E-state index in [-0.39, 0.29) is 0 Å². The third-order valence-electron chi connectivity index (χ3n) is 8.61. The minimum atomic E-state index is 0.726. The number of hydrogen-bond acceptors (Lipinski definition) is 0. The first-order valence-corrected chi connectivity index (χ1v) is 9.63.